The van der Waals surface area contributed by atoms with Crippen LogP contribution < -0.4 is 10.2 Å². The average Bonchev–Trinajstić information content (AvgIpc) is 2.58. The van der Waals surface area contributed by atoms with Crippen molar-refractivity contribution in [3.05, 3.63) is 48.1 Å². The molecule has 1 aliphatic heterocycles. The number of anilines is 1. The van der Waals surface area contributed by atoms with Crippen molar-refractivity contribution in [2.75, 3.05) is 24.5 Å². The molecule has 6 heteroatoms. The lowest BCUT2D eigenvalue weighted by Crippen LogP contribution is -2.53. The molecule has 1 fully saturated rings. The Morgan fingerprint density at radius 1 is 1.21 bits per heavy atom. The van der Waals surface area contributed by atoms with Gasteiger partial charge < -0.3 is 4.90 Å². The van der Waals surface area contributed by atoms with Crippen LogP contribution in [0.3, 0.4) is 0 Å². The minimum absolute atomic E-state index is 0.0704. The fourth-order valence-electron chi connectivity index (χ4n) is 2.53. The van der Waals surface area contributed by atoms with Gasteiger partial charge in [-0.15, -0.1) is 6.58 Å². The van der Waals surface area contributed by atoms with E-state index in [4.69, 9.17) is 12.2 Å². The number of rotatable bonds is 6. The first-order valence-electron chi connectivity index (χ1n) is 7.86. The molecule has 0 aliphatic carbocycles. The quantitative estimate of drug-likeness (QED) is 0.373. The lowest BCUT2D eigenvalue weighted by Gasteiger charge is -2.27. The molecule has 0 bridgehead atoms. The number of benzene rings is 1. The van der Waals surface area contributed by atoms with Crippen molar-refractivity contribution < 1.29 is 9.59 Å². The highest BCUT2D eigenvalue weighted by molar-refractivity contribution is 7.80. The van der Waals surface area contributed by atoms with Crippen molar-refractivity contribution in [1.29, 1.82) is 0 Å². The Morgan fingerprint density at radius 3 is 2.38 bits per heavy atom. The van der Waals surface area contributed by atoms with E-state index in [0.717, 1.165) is 24.3 Å². The van der Waals surface area contributed by atoms with E-state index in [0.29, 0.717) is 0 Å². The zero-order valence-electron chi connectivity index (χ0n) is 13.9. The van der Waals surface area contributed by atoms with Crippen molar-refractivity contribution in [3.63, 3.8) is 0 Å². The van der Waals surface area contributed by atoms with Gasteiger partial charge in [-0.1, -0.05) is 18.2 Å². The Labute approximate surface area is 147 Å². The van der Waals surface area contributed by atoms with Gasteiger partial charge >= 0.3 is 0 Å². The second kappa shape index (κ2) is 7.88. The minimum atomic E-state index is -0.474. The molecule has 2 amide bonds. The Kier molecular flexibility index (Phi) is 5.87. The Hall–Kier alpha value is -2.47. The molecule has 5 nitrogen and oxygen atoms in total. The summed E-state index contributed by atoms with van der Waals surface area (Å²) in [7, 11) is 0. The minimum Gasteiger partial charge on any atom is -0.372 e. The molecule has 0 saturated carbocycles. The molecule has 1 aliphatic rings. The van der Waals surface area contributed by atoms with E-state index in [1.807, 2.05) is 24.3 Å². The van der Waals surface area contributed by atoms with Crippen LogP contribution >= 0.6 is 12.2 Å². The van der Waals surface area contributed by atoms with Gasteiger partial charge in [-0.3, -0.25) is 19.8 Å². The number of hydrogen-bond acceptors (Lipinski definition) is 4. The van der Waals surface area contributed by atoms with Gasteiger partial charge in [0.1, 0.15) is 5.57 Å². The molecular formula is C18H21N3O2S. The summed E-state index contributed by atoms with van der Waals surface area (Å²) >= 11 is 5.03. The molecule has 24 heavy (non-hydrogen) atoms. The number of hydrogen-bond donors (Lipinski definition) is 1. The van der Waals surface area contributed by atoms with Crippen LogP contribution in [-0.4, -0.2) is 41.5 Å². The monoisotopic (exact) mass is 343 g/mol. The highest BCUT2D eigenvalue weighted by atomic mass is 32.1. The van der Waals surface area contributed by atoms with Crippen molar-refractivity contribution >= 4 is 40.9 Å². The smallest absolute Gasteiger partial charge is 0.265 e. The maximum atomic E-state index is 12.5. The van der Waals surface area contributed by atoms with Crippen LogP contribution in [0.15, 0.2) is 42.5 Å². The Bertz CT molecular complexity index is 691. The maximum Gasteiger partial charge on any atom is 0.265 e. The van der Waals surface area contributed by atoms with E-state index in [2.05, 4.69) is 30.6 Å². The van der Waals surface area contributed by atoms with Crippen molar-refractivity contribution in [3.8, 4) is 0 Å². The van der Waals surface area contributed by atoms with Gasteiger partial charge in [0.25, 0.3) is 11.8 Å². The molecule has 1 aromatic rings. The summed E-state index contributed by atoms with van der Waals surface area (Å²) in [5, 5.41) is 2.65. The number of carbonyl (C=O) groups excluding carboxylic acids is 2. The van der Waals surface area contributed by atoms with Gasteiger partial charge in [0.2, 0.25) is 0 Å². The van der Waals surface area contributed by atoms with Gasteiger partial charge in [0.15, 0.2) is 5.11 Å². The molecular weight excluding hydrogens is 322 g/mol. The molecule has 1 heterocycles. The summed E-state index contributed by atoms with van der Waals surface area (Å²) < 4.78 is 0. The molecule has 0 radical (unpaired) electrons. The summed E-state index contributed by atoms with van der Waals surface area (Å²) in [6.07, 6.45) is 3.15. The van der Waals surface area contributed by atoms with Gasteiger partial charge in [-0.2, -0.15) is 0 Å². The van der Waals surface area contributed by atoms with Crippen LogP contribution in [0.2, 0.25) is 0 Å². The SMILES string of the molecule is C=CCN1C(=O)/C(=C\c2ccc(N(CC)CC)cc2)C(=O)NC1=S. The average molecular weight is 343 g/mol. The summed E-state index contributed by atoms with van der Waals surface area (Å²) in [5.41, 5.74) is 1.97. The molecule has 0 spiro atoms. The molecule has 126 valence electrons. The fourth-order valence-corrected chi connectivity index (χ4v) is 2.78. The number of thiocarbonyl (C=S) groups is 1. The summed E-state index contributed by atoms with van der Waals surface area (Å²) in [6.45, 7) is 9.91. The molecule has 1 saturated heterocycles. The van der Waals surface area contributed by atoms with Crippen molar-refractivity contribution in [2.24, 2.45) is 0 Å². The number of carbonyl (C=O) groups is 2. The third kappa shape index (κ3) is 3.71. The zero-order chi connectivity index (χ0) is 17.7. The van der Waals surface area contributed by atoms with Gasteiger partial charge in [0.05, 0.1) is 0 Å². The first-order valence-corrected chi connectivity index (χ1v) is 8.27. The van der Waals surface area contributed by atoms with E-state index in [1.165, 1.54) is 4.90 Å². The summed E-state index contributed by atoms with van der Waals surface area (Å²) in [6, 6.07) is 7.76. The third-order valence-corrected chi connectivity index (χ3v) is 4.15. The third-order valence-electron chi connectivity index (χ3n) is 3.83. The first kappa shape index (κ1) is 17.9. The zero-order valence-corrected chi connectivity index (χ0v) is 14.7. The predicted molar refractivity (Wildman–Crippen MR) is 101 cm³/mol. The van der Waals surface area contributed by atoms with Crippen LogP contribution in [-0.2, 0) is 9.59 Å². The highest BCUT2D eigenvalue weighted by Gasteiger charge is 2.32. The molecule has 1 N–H and O–H groups in total. The number of nitrogens with zero attached hydrogens (tertiary/aromatic N) is 2. The number of amides is 2. The first-order chi connectivity index (χ1) is 11.5. The summed E-state index contributed by atoms with van der Waals surface area (Å²) in [4.78, 5) is 28.1. The summed E-state index contributed by atoms with van der Waals surface area (Å²) in [5.74, 6) is -0.880. The Balaban J connectivity index is 2.28. The largest absolute Gasteiger partial charge is 0.372 e. The van der Waals surface area contributed by atoms with Gasteiger partial charge in [-0.25, -0.2) is 0 Å². The maximum absolute atomic E-state index is 12.5. The molecule has 0 unspecified atom stereocenters. The number of nitrogens with one attached hydrogen (secondary N) is 1. The van der Waals surface area contributed by atoms with Crippen molar-refractivity contribution in [2.45, 2.75) is 13.8 Å². The van der Waals surface area contributed by atoms with Crippen LogP contribution in [0.4, 0.5) is 5.69 Å². The van der Waals surface area contributed by atoms with E-state index in [-0.39, 0.29) is 17.2 Å². The molecule has 1 aromatic carbocycles. The van der Waals surface area contributed by atoms with Crippen LogP contribution in [0.25, 0.3) is 6.08 Å². The predicted octanol–water partition coefficient (Wildman–Crippen LogP) is 2.35. The molecule has 0 atom stereocenters. The Morgan fingerprint density at radius 2 is 1.83 bits per heavy atom. The fraction of sp³-hybridized carbons (Fsp3) is 0.278. The van der Waals surface area contributed by atoms with Gasteiger partial charge in [-0.05, 0) is 49.8 Å². The standard InChI is InChI=1S/C18H21N3O2S/c1-4-11-21-17(23)15(16(22)19-18(21)24)12-13-7-9-14(10-8-13)20(5-2)6-3/h4,7-10,12H,1,5-6,11H2,2-3H3,(H,19,22,24)/b15-12-. The van der Waals surface area contributed by atoms with E-state index < -0.39 is 11.8 Å². The lowest BCUT2D eigenvalue weighted by atomic mass is 10.1. The van der Waals surface area contributed by atoms with E-state index in [1.54, 1.807) is 12.2 Å². The molecule has 0 aromatic heterocycles. The second-order valence-electron chi connectivity index (χ2n) is 5.29. The van der Waals surface area contributed by atoms with Crippen molar-refractivity contribution in [1.82, 2.24) is 10.2 Å². The van der Waals surface area contributed by atoms with E-state index >= 15 is 0 Å². The van der Waals surface area contributed by atoms with Crippen LogP contribution in [0.1, 0.15) is 19.4 Å². The lowest BCUT2D eigenvalue weighted by molar-refractivity contribution is -0.128. The van der Waals surface area contributed by atoms with E-state index in [9.17, 15) is 9.59 Å². The highest BCUT2D eigenvalue weighted by Crippen LogP contribution is 2.18. The normalized spacial score (nSPS) is 16.3. The second-order valence-corrected chi connectivity index (χ2v) is 5.67. The van der Waals surface area contributed by atoms with Gasteiger partial charge in [0, 0.05) is 25.3 Å². The van der Waals surface area contributed by atoms with Crippen LogP contribution in [0.5, 0.6) is 0 Å². The topological polar surface area (TPSA) is 52.7 Å². The molecule has 2 rings (SSSR count). The van der Waals surface area contributed by atoms with Crippen LogP contribution in [0, 0.1) is 0 Å².